The van der Waals surface area contributed by atoms with Crippen LogP contribution in [0.4, 0.5) is 0 Å². The second kappa shape index (κ2) is 4.09. The van der Waals surface area contributed by atoms with Gasteiger partial charge in [-0.2, -0.15) is 0 Å². The molecule has 1 saturated carbocycles. The van der Waals surface area contributed by atoms with Gasteiger partial charge in [-0.15, -0.1) is 0 Å². The van der Waals surface area contributed by atoms with E-state index in [1.54, 1.807) is 7.11 Å². The minimum atomic E-state index is -1.13. The summed E-state index contributed by atoms with van der Waals surface area (Å²) in [5, 5.41) is 17.7. The zero-order valence-electron chi connectivity index (χ0n) is 6.86. The van der Waals surface area contributed by atoms with E-state index in [4.69, 9.17) is 14.8 Å². The summed E-state index contributed by atoms with van der Waals surface area (Å²) in [4.78, 5) is 0. The number of hydrogen-bond donors (Lipinski definition) is 2. The average molecular weight is 158 g/mol. The first kappa shape index (κ1) is 9.04. The lowest BCUT2D eigenvalue weighted by molar-refractivity contribution is 0.0685. The Morgan fingerprint density at radius 2 is 1.73 bits per heavy atom. The highest BCUT2D eigenvalue weighted by Crippen LogP contribution is 2.30. The van der Waals surface area contributed by atoms with E-state index >= 15 is 0 Å². The number of ether oxygens (including phenoxy) is 1. The van der Waals surface area contributed by atoms with Crippen LogP contribution in [-0.4, -0.2) is 30.4 Å². The van der Waals surface area contributed by atoms with Gasteiger partial charge in [0.2, 0.25) is 0 Å². The molecule has 2 N–H and O–H groups in total. The van der Waals surface area contributed by atoms with E-state index in [0.717, 1.165) is 25.7 Å². The zero-order chi connectivity index (χ0) is 8.27. The summed E-state index contributed by atoms with van der Waals surface area (Å²) in [5.74, 6) is 0.0707. The predicted octanol–water partition coefficient (Wildman–Crippen LogP) is 0.418. The van der Waals surface area contributed by atoms with Gasteiger partial charge in [-0.25, -0.2) is 0 Å². The van der Waals surface area contributed by atoms with Crippen LogP contribution in [-0.2, 0) is 4.74 Å². The van der Waals surface area contributed by atoms with Crippen molar-refractivity contribution >= 4 is 7.12 Å². The smallest absolute Gasteiger partial charge is 0.427 e. The van der Waals surface area contributed by atoms with Gasteiger partial charge in [0.1, 0.15) is 0 Å². The molecule has 0 saturated heterocycles. The molecule has 64 valence electrons. The van der Waals surface area contributed by atoms with E-state index in [9.17, 15) is 0 Å². The van der Waals surface area contributed by atoms with E-state index in [1.807, 2.05) is 0 Å². The maximum absolute atomic E-state index is 8.85. The Hall–Kier alpha value is -0.0551. The summed E-state index contributed by atoms with van der Waals surface area (Å²) in [6.07, 6.45) is 3.99. The van der Waals surface area contributed by atoms with E-state index in [1.165, 1.54) is 0 Å². The van der Waals surface area contributed by atoms with Crippen molar-refractivity contribution in [1.82, 2.24) is 0 Å². The number of methoxy groups -OCH3 is 1. The largest absolute Gasteiger partial charge is 0.454 e. The quantitative estimate of drug-likeness (QED) is 0.572. The van der Waals surface area contributed by atoms with Crippen LogP contribution < -0.4 is 0 Å². The van der Waals surface area contributed by atoms with Crippen LogP contribution in [0, 0.1) is 0 Å². The standard InChI is InChI=1S/C7H15BO3/c1-11-7-4-2-6(3-5-7)8(9)10/h6-7,9-10H,2-5H2,1H3. The molecule has 0 unspecified atom stereocenters. The Balaban J connectivity index is 2.24. The fraction of sp³-hybridized carbons (Fsp3) is 1.00. The van der Waals surface area contributed by atoms with Crippen LogP contribution in [0.2, 0.25) is 5.82 Å². The third-order valence-electron chi connectivity index (χ3n) is 2.47. The molecule has 0 atom stereocenters. The minimum absolute atomic E-state index is 0.0707. The highest BCUT2D eigenvalue weighted by molar-refractivity contribution is 6.43. The van der Waals surface area contributed by atoms with Gasteiger partial charge in [-0.1, -0.05) is 0 Å². The van der Waals surface area contributed by atoms with Crippen LogP contribution in [0.3, 0.4) is 0 Å². The van der Waals surface area contributed by atoms with Crippen molar-refractivity contribution in [2.45, 2.75) is 37.6 Å². The maximum atomic E-state index is 8.85. The lowest BCUT2D eigenvalue weighted by atomic mass is 9.65. The molecule has 1 aliphatic carbocycles. The summed E-state index contributed by atoms with van der Waals surface area (Å²) in [5.41, 5.74) is 0. The second-order valence-corrected chi connectivity index (χ2v) is 3.19. The molecular weight excluding hydrogens is 143 g/mol. The van der Waals surface area contributed by atoms with Gasteiger partial charge in [0.15, 0.2) is 0 Å². The first-order valence-electron chi connectivity index (χ1n) is 4.13. The molecule has 0 aliphatic heterocycles. The van der Waals surface area contributed by atoms with Crippen molar-refractivity contribution < 1.29 is 14.8 Å². The molecule has 0 spiro atoms. The fourth-order valence-electron chi connectivity index (χ4n) is 1.62. The van der Waals surface area contributed by atoms with Gasteiger partial charge in [0.05, 0.1) is 6.10 Å². The van der Waals surface area contributed by atoms with Crippen LogP contribution >= 0.6 is 0 Å². The molecule has 1 aliphatic rings. The van der Waals surface area contributed by atoms with Crippen LogP contribution in [0.1, 0.15) is 25.7 Å². The summed E-state index contributed by atoms with van der Waals surface area (Å²) in [7, 11) is 0.577. The summed E-state index contributed by atoms with van der Waals surface area (Å²) < 4.78 is 5.16. The summed E-state index contributed by atoms with van der Waals surface area (Å²) >= 11 is 0. The maximum Gasteiger partial charge on any atom is 0.454 e. The monoisotopic (exact) mass is 158 g/mol. The molecule has 0 aromatic rings. The van der Waals surface area contributed by atoms with Crippen LogP contribution in [0.5, 0.6) is 0 Å². The van der Waals surface area contributed by atoms with E-state index in [-0.39, 0.29) is 5.82 Å². The number of rotatable bonds is 2. The van der Waals surface area contributed by atoms with E-state index < -0.39 is 7.12 Å². The molecule has 1 fully saturated rings. The molecule has 0 radical (unpaired) electrons. The average Bonchev–Trinajstić information content (AvgIpc) is 2.05. The first-order chi connectivity index (χ1) is 5.24. The van der Waals surface area contributed by atoms with Crippen molar-refractivity contribution in [3.8, 4) is 0 Å². The lowest BCUT2D eigenvalue weighted by Crippen LogP contribution is -2.27. The Bertz CT molecular complexity index is 110. The second-order valence-electron chi connectivity index (χ2n) is 3.19. The molecule has 0 heterocycles. The SMILES string of the molecule is COC1CCC(B(O)O)CC1. The Morgan fingerprint density at radius 3 is 2.09 bits per heavy atom. The van der Waals surface area contributed by atoms with Crippen molar-refractivity contribution in [1.29, 1.82) is 0 Å². The topological polar surface area (TPSA) is 49.7 Å². The molecule has 0 aromatic heterocycles. The van der Waals surface area contributed by atoms with Crippen molar-refractivity contribution in [3.63, 3.8) is 0 Å². The van der Waals surface area contributed by atoms with E-state index in [0.29, 0.717) is 6.10 Å². The van der Waals surface area contributed by atoms with Crippen LogP contribution in [0.25, 0.3) is 0 Å². The van der Waals surface area contributed by atoms with E-state index in [2.05, 4.69) is 0 Å². The molecule has 1 rings (SSSR count). The molecule has 0 bridgehead atoms. The van der Waals surface area contributed by atoms with Crippen molar-refractivity contribution in [3.05, 3.63) is 0 Å². The van der Waals surface area contributed by atoms with Gasteiger partial charge < -0.3 is 14.8 Å². The van der Waals surface area contributed by atoms with Gasteiger partial charge in [0.25, 0.3) is 0 Å². The first-order valence-corrected chi connectivity index (χ1v) is 4.13. The molecular formula is C7H15BO3. The van der Waals surface area contributed by atoms with Gasteiger partial charge in [-0.3, -0.25) is 0 Å². The highest BCUT2D eigenvalue weighted by atomic mass is 16.5. The van der Waals surface area contributed by atoms with Crippen molar-refractivity contribution in [2.75, 3.05) is 7.11 Å². The Kier molecular flexibility index (Phi) is 3.36. The Morgan fingerprint density at radius 1 is 1.18 bits per heavy atom. The summed E-state index contributed by atoms with van der Waals surface area (Å²) in [6.45, 7) is 0. The molecule has 3 nitrogen and oxygen atoms in total. The molecule has 0 aromatic carbocycles. The fourth-order valence-corrected chi connectivity index (χ4v) is 1.62. The minimum Gasteiger partial charge on any atom is -0.427 e. The number of hydrogen-bond acceptors (Lipinski definition) is 3. The molecule has 0 amide bonds. The Labute approximate surface area is 67.5 Å². The van der Waals surface area contributed by atoms with Crippen molar-refractivity contribution in [2.24, 2.45) is 0 Å². The normalized spacial score (nSPS) is 31.9. The predicted molar refractivity (Wildman–Crippen MR) is 43.2 cm³/mol. The van der Waals surface area contributed by atoms with Crippen LogP contribution in [0.15, 0.2) is 0 Å². The summed E-state index contributed by atoms with van der Waals surface area (Å²) in [6, 6.07) is 0. The van der Waals surface area contributed by atoms with Gasteiger partial charge >= 0.3 is 7.12 Å². The highest BCUT2D eigenvalue weighted by Gasteiger charge is 2.28. The molecule has 11 heavy (non-hydrogen) atoms. The zero-order valence-corrected chi connectivity index (χ0v) is 6.86. The third kappa shape index (κ3) is 2.47. The van der Waals surface area contributed by atoms with Gasteiger partial charge in [-0.05, 0) is 31.5 Å². The lowest BCUT2D eigenvalue weighted by Gasteiger charge is -2.26. The molecule has 4 heteroatoms. The van der Waals surface area contributed by atoms with Gasteiger partial charge in [0, 0.05) is 7.11 Å². The third-order valence-corrected chi connectivity index (χ3v) is 2.47.